The number of hydrogen-bond donors (Lipinski definition) is 1. The van der Waals surface area contributed by atoms with Crippen LogP contribution >= 0.6 is 0 Å². The van der Waals surface area contributed by atoms with Crippen molar-refractivity contribution in [1.82, 2.24) is 9.97 Å². The van der Waals surface area contributed by atoms with Gasteiger partial charge in [-0.3, -0.25) is 0 Å². The molecule has 0 saturated heterocycles. The first-order valence-corrected chi connectivity index (χ1v) is 5.88. The fourth-order valence-electron chi connectivity index (χ4n) is 1.57. The van der Waals surface area contributed by atoms with Crippen molar-refractivity contribution in [2.75, 3.05) is 7.11 Å². The van der Waals surface area contributed by atoms with Gasteiger partial charge in [0, 0.05) is 0 Å². The van der Waals surface area contributed by atoms with E-state index in [0.717, 1.165) is 6.07 Å². The van der Waals surface area contributed by atoms with Gasteiger partial charge in [0.1, 0.15) is 22.9 Å². The highest BCUT2D eigenvalue weighted by atomic mass is 19.4. The van der Waals surface area contributed by atoms with Crippen molar-refractivity contribution in [2.24, 2.45) is 5.73 Å². The summed E-state index contributed by atoms with van der Waals surface area (Å²) in [5, 5.41) is 0. The van der Waals surface area contributed by atoms with Gasteiger partial charge in [0.15, 0.2) is 5.75 Å². The lowest BCUT2D eigenvalue weighted by atomic mass is 10.2. The highest BCUT2D eigenvalue weighted by molar-refractivity contribution is 5.43. The molecule has 2 rings (SSSR count). The second-order valence-electron chi connectivity index (χ2n) is 4.00. The third-order valence-corrected chi connectivity index (χ3v) is 2.58. The van der Waals surface area contributed by atoms with Crippen LogP contribution in [-0.4, -0.2) is 17.1 Å². The third-order valence-electron chi connectivity index (χ3n) is 2.58. The summed E-state index contributed by atoms with van der Waals surface area (Å²) in [6, 6.07) is 3.42. The molecule has 0 spiro atoms. The summed E-state index contributed by atoms with van der Waals surface area (Å²) in [5.74, 6) is 0.188. The van der Waals surface area contributed by atoms with E-state index in [2.05, 4.69) is 9.97 Å². The minimum atomic E-state index is -4.57. The van der Waals surface area contributed by atoms with Gasteiger partial charge in [-0.15, -0.1) is 0 Å². The molecule has 0 aliphatic rings. The van der Waals surface area contributed by atoms with E-state index in [1.165, 1.54) is 31.6 Å². The molecule has 21 heavy (non-hydrogen) atoms. The fraction of sp³-hybridized carbons (Fsp3) is 0.231. The zero-order valence-electron chi connectivity index (χ0n) is 11.0. The molecule has 2 N–H and O–H groups in total. The SMILES string of the molecule is COc1ccc(Oc2cnc(CN)nc2)c(C(F)(F)F)c1. The van der Waals surface area contributed by atoms with E-state index in [0.29, 0.717) is 5.82 Å². The van der Waals surface area contributed by atoms with Crippen molar-refractivity contribution in [2.45, 2.75) is 12.7 Å². The van der Waals surface area contributed by atoms with Crippen LogP contribution in [-0.2, 0) is 12.7 Å². The summed E-state index contributed by atoms with van der Waals surface area (Å²) >= 11 is 0. The number of rotatable bonds is 4. The summed E-state index contributed by atoms with van der Waals surface area (Å²) < 4.78 is 49.0. The molecule has 0 radical (unpaired) electrons. The molecule has 2 aromatic rings. The Bertz CT molecular complexity index is 615. The minimum Gasteiger partial charge on any atom is -0.497 e. The van der Waals surface area contributed by atoms with Crippen LogP contribution in [0.15, 0.2) is 30.6 Å². The minimum absolute atomic E-state index is 0.0860. The van der Waals surface area contributed by atoms with Gasteiger partial charge in [0.2, 0.25) is 0 Å². The zero-order valence-corrected chi connectivity index (χ0v) is 11.0. The summed E-state index contributed by atoms with van der Waals surface area (Å²) in [5.41, 5.74) is 4.40. The topological polar surface area (TPSA) is 70.3 Å². The van der Waals surface area contributed by atoms with E-state index >= 15 is 0 Å². The van der Waals surface area contributed by atoms with Crippen LogP contribution in [0.25, 0.3) is 0 Å². The Morgan fingerprint density at radius 3 is 2.33 bits per heavy atom. The Morgan fingerprint density at radius 1 is 1.14 bits per heavy atom. The summed E-state index contributed by atoms with van der Waals surface area (Å²) in [7, 11) is 1.29. The first kappa shape index (κ1) is 15.0. The highest BCUT2D eigenvalue weighted by Gasteiger charge is 2.35. The average molecular weight is 299 g/mol. The van der Waals surface area contributed by atoms with Crippen molar-refractivity contribution in [3.63, 3.8) is 0 Å². The predicted molar refractivity (Wildman–Crippen MR) is 68.0 cm³/mol. The Hall–Kier alpha value is -2.35. The van der Waals surface area contributed by atoms with Crippen LogP contribution < -0.4 is 15.2 Å². The number of halogens is 3. The molecule has 1 heterocycles. The van der Waals surface area contributed by atoms with Crippen LogP contribution in [0, 0.1) is 0 Å². The average Bonchev–Trinajstić information content (AvgIpc) is 2.47. The molecular formula is C13H12F3N3O2. The molecule has 0 amide bonds. The van der Waals surface area contributed by atoms with Gasteiger partial charge in [0.05, 0.1) is 26.0 Å². The van der Waals surface area contributed by atoms with Crippen LogP contribution in [0.3, 0.4) is 0 Å². The summed E-state index contributed by atoms with van der Waals surface area (Å²) in [6.45, 7) is 0.136. The first-order chi connectivity index (χ1) is 9.94. The number of aromatic nitrogens is 2. The normalized spacial score (nSPS) is 11.3. The zero-order chi connectivity index (χ0) is 15.5. The molecule has 5 nitrogen and oxygen atoms in total. The van der Waals surface area contributed by atoms with Crippen molar-refractivity contribution in [1.29, 1.82) is 0 Å². The van der Waals surface area contributed by atoms with Crippen molar-refractivity contribution >= 4 is 0 Å². The lowest BCUT2D eigenvalue weighted by Crippen LogP contribution is -2.08. The van der Waals surface area contributed by atoms with Crippen LogP contribution in [0.1, 0.15) is 11.4 Å². The number of hydrogen-bond acceptors (Lipinski definition) is 5. The molecular weight excluding hydrogens is 287 g/mol. The Balaban J connectivity index is 2.34. The van der Waals surface area contributed by atoms with Crippen LogP contribution in [0.2, 0.25) is 0 Å². The molecule has 0 aliphatic carbocycles. The lowest BCUT2D eigenvalue weighted by Gasteiger charge is -2.14. The van der Waals surface area contributed by atoms with E-state index in [1.807, 2.05) is 0 Å². The first-order valence-electron chi connectivity index (χ1n) is 5.88. The summed E-state index contributed by atoms with van der Waals surface area (Å²) in [6.07, 6.45) is -2.04. The molecule has 0 saturated carbocycles. The molecule has 0 unspecified atom stereocenters. The van der Waals surface area contributed by atoms with Crippen molar-refractivity contribution < 1.29 is 22.6 Å². The maximum Gasteiger partial charge on any atom is 0.420 e. The largest absolute Gasteiger partial charge is 0.497 e. The number of methoxy groups -OCH3 is 1. The maximum atomic E-state index is 13.0. The standard InChI is InChI=1S/C13H12F3N3O2/c1-20-8-2-3-11(10(4-8)13(14,15)16)21-9-6-18-12(5-17)19-7-9/h2-4,6-7H,5,17H2,1H3. The maximum absolute atomic E-state index is 13.0. The van der Waals surface area contributed by atoms with Crippen LogP contribution in [0.4, 0.5) is 13.2 Å². The van der Waals surface area contributed by atoms with E-state index in [1.54, 1.807) is 0 Å². The van der Waals surface area contributed by atoms with E-state index in [4.69, 9.17) is 15.2 Å². The Kier molecular flexibility index (Phi) is 4.27. The summed E-state index contributed by atoms with van der Waals surface area (Å²) in [4.78, 5) is 7.70. The Labute approximate surface area is 118 Å². The molecule has 0 bridgehead atoms. The molecule has 1 aromatic carbocycles. The third kappa shape index (κ3) is 3.60. The number of benzene rings is 1. The lowest BCUT2D eigenvalue weighted by molar-refractivity contribution is -0.138. The van der Waals surface area contributed by atoms with E-state index in [9.17, 15) is 13.2 Å². The fourth-order valence-corrected chi connectivity index (χ4v) is 1.57. The predicted octanol–water partition coefficient (Wildman–Crippen LogP) is 2.75. The van der Waals surface area contributed by atoms with E-state index in [-0.39, 0.29) is 23.8 Å². The Morgan fingerprint density at radius 2 is 1.81 bits per heavy atom. The molecule has 0 aliphatic heterocycles. The second-order valence-corrected chi connectivity index (χ2v) is 4.00. The van der Waals surface area contributed by atoms with Gasteiger partial charge in [-0.05, 0) is 18.2 Å². The number of nitrogens with zero attached hydrogens (tertiary/aromatic N) is 2. The molecule has 0 fully saturated rings. The van der Waals surface area contributed by atoms with Gasteiger partial charge in [-0.2, -0.15) is 13.2 Å². The highest BCUT2D eigenvalue weighted by Crippen LogP contribution is 2.39. The molecule has 112 valence electrons. The molecule has 8 heteroatoms. The monoisotopic (exact) mass is 299 g/mol. The number of ether oxygens (including phenoxy) is 2. The number of alkyl halides is 3. The van der Waals surface area contributed by atoms with Gasteiger partial charge >= 0.3 is 6.18 Å². The van der Waals surface area contributed by atoms with Gasteiger partial charge in [-0.1, -0.05) is 0 Å². The second kappa shape index (κ2) is 5.96. The smallest absolute Gasteiger partial charge is 0.420 e. The van der Waals surface area contributed by atoms with Gasteiger partial charge in [-0.25, -0.2) is 9.97 Å². The van der Waals surface area contributed by atoms with Gasteiger partial charge in [0.25, 0.3) is 0 Å². The molecule has 1 aromatic heterocycles. The molecule has 0 atom stereocenters. The number of nitrogens with two attached hydrogens (primary N) is 1. The van der Waals surface area contributed by atoms with Crippen molar-refractivity contribution in [3.8, 4) is 17.2 Å². The van der Waals surface area contributed by atoms with Crippen molar-refractivity contribution in [3.05, 3.63) is 42.0 Å². The van der Waals surface area contributed by atoms with Gasteiger partial charge < -0.3 is 15.2 Å². The quantitative estimate of drug-likeness (QED) is 0.940. The van der Waals surface area contributed by atoms with Crippen LogP contribution in [0.5, 0.6) is 17.2 Å². The van der Waals surface area contributed by atoms with E-state index < -0.39 is 11.7 Å².